The van der Waals surface area contributed by atoms with Crippen LogP contribution in [0.15, 0.2) is 24.3 Å². The molecule has 2 fully saturated rings. The minimum atomic E-state index is -0.115. The normalized spacial score (nSPS) is 27.4. The van der Waals surface area contributed by atoms with Crippen molar-refractivity contribution in [1.82, 2.24) is 14.7 Å². The summed E-state index contributed by atoms with van der Waals surface area (Å²) in [4.78, 5) is 18.3. The van der Waals surface area contributed by atoms with Gasteiger partial charge in [0.05, 0.1) is 0 Å². The Morgan fingerprint density at radius 1 is 1.17 bits per heavy atom. The average molecular weight is 333 g/mol. The predicted molar refractivity (Wildman–Crippen MR) is 93.2 cm³/mol. The minimum Gasteiger partial charge on any atom is -0.340 e. The molecule has 0 radical (unpaired) electrons. The Hall–Kier alpha value is -1.46. The Morgan fingerprint density at radius 2 is 1.83 bits per heavy atom. The number of likely N-dealkylation sites (tertiary alicyclic amines) is 1. The highest BCUT2D eigenvalue weighted by Gasteiger charge is 2.37. The summed E-state index contributed by atoms with van der Waals surface area (Å²) >= 11 is 0. The van der Waals surface area contributed by atoms with E-state index >= 15 is 0 Å². The second-order valence-electron chi connectivity index (χ2n) is 7.24. The van der Waals surface area contributed by atoms with Crippen LogP contribution in [0.5, 0.6) is 0 Å². The summed E-state index contributed by atoms with van der Waals surface area (Å²) < 4.78 is 14.1. The molecule has 0 N–H and O–H groups in total. The molecule has 2 aliphatic rings. The summed E-state index contributed by atoms with van der Waals surface area (Å²) in [5, 5.41) is 0. The SMILES string of the molecule is CC(=O)N1CCN([C@@H]2CN([C@@H](C)c3ccccc3F)C[C@@H]2C)CC1. The molecule has 3 rings (SSSR count). The van der Waals surface area contributed by atoms with Gasteiger partial charge in [0.15, 0.2) is 0 Å². The molecule has 0 saturated carbocycles. The minimum absolute atomic E-state index is 0.0946. The number of hydrogen-bond acceptors (Lipinski definition) is 3. The summed E-state index contributed by atoms with van der Waals surface area (Å²) in [6.07, 6.45) is 0. The summed E-state index contributed by atoms with van der Waals surface area (Å²) in [5.41, 5.74) is 0.784. The maximum Gasteiger partial charge on any atom is 0.219 e. The third kappa shape index (κ3) is 3.47. The topological polar surface area (TPSA) is 26.8 Å². The van der Waals surface area contributed by atoms with Crippen molar-refractivity contribution in [2.75, 3.05) is 39.3 Å². The van der Waals surface area contributed by atoms with E-state index in [-0.39, 0.29) is 17.8 Å². The molecule has 1 aromatic carbocycles. The number of halogens is 1. The van der Waals surface area contributed by atoms with Crippen molar-refractivity contribution < 1.29 is 9.18 Å². The molecule has 2 aliphatic heterocycles. The molecule has 2 saturated heterocycles. The molecule has 24 heavy (non-hydrogen) atoms. The van der Waals surface area contributed by atoms with Gasteiger partial charge < -0.3 is 4.90 Å². The molecule has 0 spiro atoms. The van der Waals surface area contributed by atoms with Gasteiger partial charge >= 0.3 is 0 Å². The van der Waals surface area contributed by atoms with Crippen LogP contribution in [0.25, 0.3) is 0 Å². The summed E-state index contributed by atoms with van der Waals surface area (Å²) in [5.74, 6) is 0.614. The molecule has 4 nitrogen and oxygen atoms in total. The molecule has 0 aromatic heterocycles. The fourth-order valence-corrected chi connectivity index (χ4v) is 4.16. The van der Waals surface area contributed by atoms with Crippen LogP contribution in [0.3, 0.4) is 0 Å². The predicted octanol–water partition coefficient (Wildman–Crippen LogP) is 2.37. The highest BCUT2D eigenvalue weighted by atomic mass is 19.1. The van der Waals surface area contributed by atoms with E-state index in [2.05, 4.69) is 23.6 Å². The number of carbonyl (C=O) groups is 1. The summed E-state index contributed by atoms with van der Waals surface area (Å²) in [6, 6.07) is 7.68. The van der Waals surface area contributed by atoms with E-state index in [0.29, 0.717) is 12.0 Å². The summed E-state index contributed by atoms with van der Waals surface area (Å²) in [7, 11) is 0. The smallest absolute Gasteiger partial charge is 0.219 e. The van der Waals surface area contributed by atoms with Crippen LogP contribution in [0.1, 0.15) is 32.4 Å². The van der Waals surface area contributed by atoms with Gasteiger partial charge in [0.2, 0.25) is 5.91 Å². The first-order chi connectivity index (χ1) is 11.5. The fourth-order valence-electron chi connectivity index (χ4n) is 4.16. The molecule has 5 heteroatoms. The molecule has 0 aliphatic carbocycles. The zero-order valence-electron chi connectivity index (χ0n) is 14.9. The third-order valence-electron chi connectivity index (χ3n) is 5.73. The van der Waals surface area contributed by atoms with Crippen molar-refractivity contribution in [2.45, 2.75) is 32.9 Å². The second kappa shape index (κ2) is 7.19. The van der Waals surface area contributed by atoms with Crippen LogP contribution in [-0.2, 0) is 4.79 Å². The van der Waals surface area contributed by atoms with Gasteiger partial charge in [0.25, 0.3) is 0 Å². The zero-order valence-corrected chi connectivity index (χ0v) is 14.9. The number of rotatable bonds is 3. The molecule has 2 heterocycles. The molecule has 0 bridgehead atoms. The van der Waals surface area contributed by atoms with Crippen LogP contribution in [0, 0.1) is 11.7 Å². The lowest BCUT2D eigenvalue weighted by atomic mass is 10.0. The Labute approximate surface area is 144 Å². The highest BCUT2D eigenvalue weighted by molar-refractivity contribution is 5.73. The van der Waals surface area contributed by atoms with Gasteiger partial charge in [-0.05, 0) is 18.9 Å². The first-order valence-corrected chi connectivity index (χ1v) is 8.95. The monoisotopic (exact) mass is 333 g/mol. The Bertz CT molecular complexity index is 586. The second-order valence-corrected chi connectivity index (χ2v) is 7.24. The van der Waals surface area contributed by atoms with E-state index < -0.39 is 0 Å². The lowest BCUT2D eigenvalue weighted by Gasteiger charge is -2.39. The fraction of sp³-hybridized carbons (Fsp3) is 0.632. The van der Waals surface area contributed by atoms with E-state index in [9.17, 15) is 9.18 Å². The number of benzene rings is 1. The number of nitrogens with zero attached hydrogens (tertiary/aromatic N) is 3. The number of hydrogen-bond donors (Lipinski definition) is 0. The number of piperazine rings is 1. The molecular weight excluding hydrogens is 305 g/mol. The maximum absolute atomic E-state index is 14.1. The highest BCUT2D eigenvalue weighted by Crippen LogP contribution is 2.31. The quantitative estimate of drug-likeness (QED) is 0.850. The maximum atomic E-state index is 14.1. The Morgan fingerprint density at radius 3 is 2.46 bits per heavy atom. The van der Waals surface area contributed by atoms with Gasteiger partial charge in [-0.25, -0.2) is 4.39 Å². The van der Waals surface area contributed by atoms with Crippen LogP contribution in [0.4, 0.5) is 4.39 Å². The van der Waals surface area contributed by atoms with Crippen LogP contribution >= 0.6 is 0 Å². The Kier molecular flexibility index (Phi) is 5.21. The van der Waals surface area contributed by atoms with E-state index in [0.717, 1.165) is 44.8 Å². The van der Waals surface area contributed by atoms with Crippen molar-refractivity contribution in [3.05, 3.63) is 35.6 Å². The molecule has 3 atom stereocenters. The van der Waals surface area contributed by atoms with Crippen molar-refractivity contribution in [2.24, 2.45) is 5.92 Å². The third-order valence-corrected chi connectivity index (χ3v) is 5.73. The first-order valence-electron chi connectivity index (χ1n) is 8.95. The average Bonchev–Trinajstić information content (AvgIpc) is 2.96. The number of carbonyl (C=O) groups excluding carboxylic acids is 1. The molecule has 0 unspecified atom stereocenters. The van der Waals surface area contributed by atoms with Gasteiger partial charge in [-0.1, -0.05) is 25.1 Å². The van der Waals surface area contributed by atoms with Gasteiger partial charge in [-0.3, -0.25) is 14.6 Å². The summed E-state index contributed by atoms with van der Waals surface area (Å²) in [6.45, 7) is 11.5. The standard InChI is InChI=1S/C19H28FN3O/c1-14-12-23(15(2)17-6-4-5-7-18(17)20)13-19(14)22-10-8-21(9-11-22)16(3)24/h4-7,14-15,19H,8-13H2,1-3H3/t14-,15-,19+/m0/s1. The van der Waals surface area contributed by atoms with Gasteiger partial charge in [-0.2, -0.15) is 0 Å². The van der Waals surface area contributed by atoms with Crippen molar-refractivity contribution >= 4 is 5.91 Å². The number of amides is 1. The van der Waals surface area contributed by atoms with Crippen molar-refractivity contribution in [1.29, 1.82) is 0 Å². The molecule has 132 valence electrons. The van der Waals surface area contributed by atoms with Crippen molar-refractivity contribution in [3.8, 4) is 0 Å². The van der Waals surface area contributed by atoms with Gasteiger partial charge in [0.1, 0.15) is 5.82 Å². The van der Waals surface area contributed by atoms with Crippen LogP contribution in [0.2, 0.25) is 0 Å². The van der Waals surface area contributed by atoms with E-state index in [4.69, 9.17) is 0 Å². The van der Waals surface area contributed by atoms with E-state index in [1.165, 1.54) is 0 Å². The van der Waals surface area contributed by atoms with E-state index in [1.54, 1.807) is 19.1 Å². The lowest BCUT2D eigenvalue weighted by Crippen LogP contribution is -2.53. The Balaban J connectivity index is 1.63. The van der Waals surface area contributed by atoms with Crippen LogP contribution < -0.4 is 0 Å². The van der Waals surface area contributed by atoms with Crippen LogP contribution in [-0.4, -0.2) is 65.9 Å². The van der Waals surface area contributed by atoms with Gasteiger partial charge in [0, 0.05) is 63.8 Å². The lowest BCUT2D eigenvalue weighted by molar-refractivity contribution is -0.130. The zero-order chi connectivity index (χ0) is 17.3. The molecular formula is C19H28FN3O. The largest absolute Gasteiger partial charge is 0.340 e. The first kappa shape index (κ1) is 17.4. The van der Waals surface area contributed by atoms with E-state index in [1.807, 2.05) is 17.0 Å². The van der Waals surface area contributed by atoms with Gasteiger partial charge in [-0.15, -0.1) is 0 Å². The molecule has 1 aromatic rings. The van der Waals surface area contributed by atoms with Crippen molar-refractivity contribution in [3.63, 3.8) is 0 Å². The molecule has 1 amide bonds.